The maximum atomic E-state index is 12.1. The predicted octanol–water partition coefficient (Wildman–Crippen LogP) is 1.56. The molecule has 12 nitrogen and oxygen atoms in total. The number of nitrogens with zero attached hydrogens (tertiary/aromatic N) is 5. The van der Waals surface area contributed by atoms with E-state index in [2.05, 4.69) is 10.5 Å². The van der Waals surface area contributed by atoms with Crippen LogP contribution in [0.25, 0.3) is 0 Å². The molecule has 0 spiro atoms. The van der Waals surface area contributed by atoms with Crippen molar-refractivity contribution in [3.05, 3.63) is 50.3 Å². The molecule has 2 heterocycles. The highest BCUT2D eigenvalue weighted by Gasteiger charge is 2.26. The van der Waals surface area contributed by atoms with Crippen LogP contribution in [0.15, 0.2) is 28.8 Å². The average Bonchev–Trinajstić information content (AvgIpc) is 3.06. The van der Waals surface area contributed by atoms with Crippen molar-refractivity contribution in [2.45, 2.75) is 6.92 Å². The molecule has 1 fully saturated rings. The van der Waals surface area contributed by atoms with Crippen molar-refractivity contribution in [2.24, 2.45) is 0 Å². The molecule has 0 aliphatic carbocycles. The van der Waals surface area contributed by atoms with Gasteiger partial charge < -0.3 is 14.7 Å². The molecule has 1 saturated heterocycles. The minimum Gasteiger partial charge on any atom is -0.363 e. The number of benzene rings is 1. The summed E-state index contributed by atoms with van der Waals surface area (Å²) in [4.78, 5) is 36.7. The van der Waals surface area contributed by atoms with Crippen molar-refractivity contribution >= 4 is 28.8 Å². The molecule has 1 aromatic carbocycles. The van der Waals surface area contributed by atoms with Gasteiger partial charge in [0.05, 0.1) is 22.5 Å². The van der Waals surface area contributed by atoms with Gasteiger partial charge in [-0.25, -0.2) is 0 Å². The van der Waals surface area contributed by atoms with E-state index in [-0.39, 0.29) is 23.8 Å². The Hall–Kier alpha value is -3.54. The van der Waals surface area contributed by atoms with Crippen molar-refractivity contribution in [2.75, 3.05) is 42.9 Å². The lowest BCUT2D eigenvalue weighted by Crippen LogP contribution is -2.48. The summed E-state index contributed by atoms with van der Waals surface area (Å²) in [6.07, 6.45) is 0. The van der Waals surface area contributed by atoms with Gasteiger partial charge in [0.25, 0.3) is 11.4 Å². The Bertz CT molecular complexity index is 905. The van der Waals surface area contributed by atoms with Gasteiger partial charge in [0.15, 0.2) is 5.82 Å². The van der Waals surface area contributed by atoms with Crippen LogP contribution < -0.4 is 10.2 Å². The van der Waals surface area contributed by atoms with Crippen LogP contribution in [0.2, 0.25) is 0 Å². The Morgan fingerprint density at radius 3 is 2.46 bits per heavy atom. The molecular weight excluding hydrogens is 372 g/mol. The first-order valence-corrected chi connectivity index (χ1v) is 8.47. The SMILES string of the molecule is Cc1cc(NC(=O)CN2CCN(c3ccc([N+](=O)[O-])cc3[N+](=O)[O-])CC2)no1. The van der Waals surface area contributed by atoms with Crippen LogP contribution in [-0.2, 0) is 4.79 Å². The van der Waals surface area contributed by atoms with Crippen molar-refractivity contribution < 1.29 is 19.2 Å². The summed E-state index contributed by atoms with van der Waals surface area (Å²) in [5, 5.41) is 28.5. The van der Waals surface area contributed by atoms with E-state index in [1.54, 1.807) is 17.9 Å². The summed E-state index contributed by atoms with van der Waals surface area (Å²) in [6.45, 7) is 3.81. The van der Waals surface area contributed by atoms with Gasteiger partial charge >= 0.3 is 0 Å². The number of aryl methyl sites for hydroxylation is 1. The third-order valence-electron chi connectivity index (χ3n) is 4.34. The Morgan fingerprint density at radius 2 is 1.89 bits per heavy atom. The molecule has 12 heteroatoms. The van der Waals surface area contributed by atoms with Crippen LogP contribution >= 0.6 is 0 Å². The average molecular weight is 390 g/mol. The summed E-state index contributed by atoms with van der Waals surface area (Å²) in [7, 11) is 0. The molecule has 1 N–H and O–H groups in total. The van der Waals surface area contributed by atoms with Crippen LogP contribution in [0.5, 0.6) is 0 Å². The van der Waals surface area contributed by atoms with Crippen LogP contribution in [0, 0.1) is 27.2 Å². The lowest BCUT2D eigenvalue weighted by Gasteiger charge is -2.35. The first kappa shape index (κ1) is 19.2. The molecule has 148 valence electrons. The van der Waals surface area contributed by atoms with Gasteiger partial charge in [-0.3, -0.25) is 29.9 Å². The molecule has 0 unspecified atom stereocenters. The van der Waals surface area contributed by atoms with Crippen LogP contribution in [0.3, 0.4) is 0 Å². The smallest absolute Gasteiger partial charge is 0.299 e. The van der Waals surface area contributed by atoms with Crippen molar-refractivity contribution in [1.82, 2.24) is 10.1 Å². The lowest BCUT2D eigenvalue weighted by molar-refractivity contribution is -0.393. The van der Waals surface area contributed by atoms with Crippen molar-refractivity contribution in [1.29, 1.82) is 0 Å². The van der Waals surface area contributed by atoms with Gasteiger partial charge in [-0.05, 0) is 13.0 Å². The second kappa shape index (κ2) is 8.00. The van der Waals surface area contributed by atoms with Gasteiger partial charge in [0, 0.05) is 38.3 Å². The van der Waals surface area contributed by atoms with E-state index in [9.17, 15) is 25.0 Å². The van der Waals surface area contributed by atoms with Crippen LogP contribution in [-0.4, -0.2) is 58.5 Å². The van der Waals surface area contributed by atoms with Gasteiger partial charge in [0.1, 0.15) is 11.4 Å². The number of anilines is 2. The second-order valence-corrected chi connectivity index (χ2v) is 6.32. The first-order valence-electron chi connectivity index (χ1n) is 8.47. The third kappa shape index (κ3) is 4.40. The number of piperazine rings is 1. The highest BCUT2D eigenvalue weighted by molar-refractivity contribution is 5.91. The molecule has 0 radical (unpaired) electrons. The van der Waals surface area contributed by atoms with E-state index >= 15 is 0 Å². The molecule has 1 aromatic heterocycles. The number of nitro benzene ring substituents is 2. The molecule has 1 amide bonds. The van der Waals surface area contributed by atoms with Crippen LogP contribution in [0.1, 0.15) is 5.76 Å². The number of rotatable bonds is 6. The number of nitro groups is 2. The fourth-order valence-electron chi connectivity index (χ4n) is 3.00. The van der Waals surface area contributed by atoms with Gasteiger partial charge in [-0.15, -0.1) is 0 Å². The quantitative estimate of drug-likeness (QED) is 0.573. The summed E-state index contributed by atoms with van der Waals surface area (Å²) in [5.74, 6) is 0.708. The fraction of sp³-hybridized carbons (Fsp3) is 0.375. The fourth-order valence-corrected chi connectivity index (χ4v) is 3.00. The highest BCUT2D eigenvalue weighted by Crippen LogP contribution is 2.32. The number of carbonyl (C=O) groups excluding carboxylic acids is 1. The Labute approximate surface area is 159 Å². The van der Waals surface area contributed by atoms with Gasteiger partial charge in [0.2, 0.25) is 5.91 Å². The van der Waals surface area contributed by atoms with Crippen molar-refractivity contribution in [3.63, 3.8) is 0 Å². The molecular formula is C16H18N6O6. The first-order chi connectivity index (χ1) is 13.3. The summed E-state index contributed by atoms with van der Waals surface area (Å²) >= 11 is 0. The van der Waals surface area contributed by atoms with E-state index in [1.807, 2.05) is 4.90 Å². The Kier molecular flexibility index (Phi) is 5.49. The number of hydrogen-bond acceptors (Lipinski definition) is 9. The number of carbonyl (C=O) groups is 1. The normalized spacial score (nSPS) is 14.7. The topological polar surface area (TPSA) is 148 Å². The standard InChI is InChI=1S/C16H18N6O6/c1-11-8-15(18-28-11)17-16(23)10-19-4-6-20(7-5-19)13-3-2-12(21(24)25)9-14(13)22(26)27/h2-3,8-9H,4-7,10H2,1H3,(H,17,18,23). The number of aromatic nitrogens is 1. The molecule has 28 heavy (non-hydrogen) atoms. The van der Waals surface area contributed by atoms with Crippen LogP contribution in [0.4, 0.5) is 22.9 Å². The number of nitrogens with one attached hydrogen (secondary N) is 1. The zero-order valence-electron chi connectivity index (χ0n) is 15.0. The van der Waals surface area contributed by atoms with E-state index in [0.717, 1.165) is 6.07 Å². The molecule has 2 aromatic rings. The van der Waals surface area contributed by atoms with Gasteiger partial charge in [-0.2, -0.15) is 0 Å². The monoisotopic (exact) mass is 390 g/mol. The zero-order chi connectivity index (χ0) is 20.3. The zero-order valence-corrected chi connectivity index (χ0v) is 15.0. The summed E-state index contributed by atoms with van der Waals surface area (Å²) in [6, 6.07) is 5.23. The van der Waals surface area contributed by atoms with E-state index in [0.29, 0.717) is 43.4 Å². The van der Waals surface area contributed by atoms with E-state index < -0.39 is 9.85 Å². The highest BCUT2D eigenvalue weighted by atomic mass is 16.6. The van der Waals surface area contributed by atoms with Gasteiger partial charge in [-0.1, -0.05) is 5.16 Å². The maximum Gasteiger partial charge on any atom is 0.299 e. The molecule has 1 aliphatic rings. The largest absolute Gasteiger partial charge is 0.363 e. The molecule has 1 aliphatic heterocycles. The minimum atomic E-state index is -0.663. The number of amides is 1. The Balaban J connectivity index is 1.60. The maximum absolute atomic E-state index is 12.1. The third-order valence-corrected chi connectivity index (χ3v) is 4.34. The summed E-state index contributed by atoms with van der Waals surface area (Å²) < 4.78 is 4.89. The molecule has 0 atom stereocenters. The van der Waals surface area contributed by atoms with Crippen molar-refractivity contribution in [3.8, 4) is 0 Å². The van der Waals surface area contributed by atoms with E-state index in [4.69, 9.17) is 4.52 Å². The minimum absolute atomic E-state index is 0.155. The number of non-ortho nitro benzene ring substituents is 1. The van der Waals surface area contributed by atoms with E-state index in [1.165, 1.54) is 12.1 Å². The molecule has 0 saturated carbocycles. The lowest BCUT2D eigenvalue weighted by atomic mass is 10.2. The number of hydrogen-bond donors (Lipinski definition) is 1. The molecule has 0 bridgehead atoms. The second-order valence-electron chi connectivity index (χ2n) is 6.32. The molecule has 3 rings (SSSR count). The predicted molar refractivity (Wildman–Crippen MR) is 98.3 cm³/mol. The summed E-state index contributed by atoms with van der Waals surface area (Å²) in [5.41, 5.74) is -0.298. The Morgan fingerprint density at radius 1 is 1.18 bits per heavy atom.